The number of hydrogen-bond acceptors (Lipinski definition) is 4. The lowest BCUT2D eigenvalue weighted by Crippen LogP contribution is -2.62. The van der Waals surface area contributed by atoms with E-state index in [4.69, 9.17) is 9.84 Å². The first kappa shape index (κ1) is 19.2. The van der Waals surface area contributed by atoms with E-state index in [9.17, 15) is 14.4 Å². The number of aliphatic carboxylic acids is 1. The molecule has 1 aliphatic heterocycles. The Morgan fingerprint density at radius 2 is 1.89 bits per heavy atom. The van der Waals surface area contributed by atoms with E-state index >= 15 is 0 Å². The molecule has 1 aliphatic carbocycles. The zero-order valence-corrected chi connectivity index (χ0v) is 15.1. The van der Waals surface area contributed by atoms with Crippen LogP contribution in [-0.4, -0.2) is 59.3 Å². The van der Waals surface area contributed by atoms with Crippen LogP contribution in [0.1, 0.15) is 31.2 Å². The van der Waals surface area contributed by atoms with Crippen LogP contribution < -0.4 is 10.6 Å². The largest absolute Gasteiger partial charge is 0.479 e. The molecule has 1 aromatic rings. The summed E-state index contributed by atoms with van der Waals surface area (Å²) in [6.45, 7) is 0.884. The molecule has 1 heterocycles. The molecule has 146 valence electrons. The van der Waals surface area contributed by atoms with Crippen LogP contribution in [0.3, 0.4) is 0 Å². The van der Waals surface area contributed by atoms with E-state index in [1.807, 2.05) is 30.3 Å². The average molecular weight is 375 g/mol. The Balaban J connectivity index is 1.63. The van der Waals surface area contributed by atoms with E-state index in [0.29, 0.717) is 25.9 Å². The van der Waals surface area contributed by atoms with Gasteiger partial charge >= 0.3 is 12.0 Å². The molecular formula is C19H25N3O5. The molecular weight excluding hydrogens is 350 g/mol. The Morgan fingerprint density at radius 3 is 2.56 bits per heavy atom. The van der Waals surface area contributed by atoms with E-state index in [2.05, 4.69) is 10.6 Å². The number of morpholine rings is 1. The lowest BCUT2D eigenvalue weighted by Gasteiger charge is -2.38. The van der Waals surface area contributed by atoms with E-state index in [1.165, 1.54) is 4.90 Å². The number of amides is 3. The number of nitrogens with zero attached hydrogens (tertiary/aromatic N) is 1. The van der Waals surface area contributed by atoms with Crippen LogP contribution in [0.15, 0.2) is 30.3 Å². The van der Waals surface area contributed by atoms with Gasteiger partial charge in [-0.25, -0.2) is 9.59 Å². The highest BCUT2D eigenvalue weighted by Gasteiger charge is 2.46. The smallest absolute Gasteiger partial charge is 0.334 e. The number of urea groups is 1. The molecule has 27 heavy (non-hydrogen) atoms. The number of carbonyl (C=O) groups excluding carboxylic acids is 2. The fourth-order valence-electron chi connectivity index (χ4n) is 3.70. The van der Waals surface area contributed by atoms with Crippen molar-refractivity contribution >= 4 is 17.9 Å². The number of carbonyl (C=O) groups is 3. The molecule has 3 rings (SSSR count). The highest BCUT2D eigenvalue weighted by molar-refractivity contribution is 5.92. The summed E-state index contributed by atoms with van der Waals surface area (Å²) in [6, 6.07) is 9.13. The van der Waals surface area contributed by atoms with Gasteiger partial charge in [0, 0.05) is 13.1 Å². The number of carboxylic acid groups (broad SMARTS) is 1. The first-order valence-electron chi connectivity index (χ1n) is 9.24. The molecule has 2 fully saturated rings. The van der Waals surface area contributed by atoms with Crippen LogP contribution in [-0.2, 0) is 20.9 Å². The Hall–Kier alpha value is -2.61. The second-order valence-electron chi connectivity index (χ2n) is 7.03. The molecule has 1 saturated carbocycles. The Bertz CT molecular complexity index is 688. The van der Waals surface area contributed by atoms with Crippen molar-refractivity contribution in [1.82, 2.24) is 15.5 Å². The maximum atomic E-state index is 13.1. The predicted octanol–water partition coefficient (Wildman–Crippen LogP) is 1.11. The van der Waals surface area contributed by atoms with E-state index in [1.54, 1.807) is 0 Å². The van der Waals surface area contributed by atoms with Crippen molar-refractivity contribution in [2.45, 2.75) is 43.9 Å². The second-order valence-corrected chi connectivity index (χ2v) is 7.03. The van der Waals surface area contributed by atoms with Gasteiger partial charge in [0.15, 0.2) is 6.10 Å². The van der Waals surface area contributed by atoms with Gasteiger partial charge in [0.1, 0.15) is 5.54 Å². The molecule has 0 radical (unpaired) electrons. The summed E-state index contributed by atoms with van der Waals surface area (Å²) in [7, 11) is 0. The molecule has 3 amide bonds. The summed E-state index contributed by atoms with van der Waals surface area (Å²) >= 11 is 0. The first-order chi connectivity index (χ1) is 13.0. The van der Waals surface area contributed by atoms with E-state index < -0.39 is 23.6 Å². The molecule has 8 heteroatoms. The number of nitrogens with one attached hydrogen (secondary N) is 2. The van der Waals surface area contributed by atoms with Crippen LogP contribution >= 0.6 is 0 Å². The van der Waals surface area contributed by atoms with Crippen LogP contribution in [0.25, 0.3) is 0 Å². The predicted molar refractivity (Wildman–Crippen MR) is 97.0 cm³/mol. The molecule has 1 atom stereocenters. The van der Waals surface area contributed by atoms with Gasteiger partial charge in [-0.15, -0.1) is 0 Å². The number of benzene rings is 1. The van der Waals surface area contributed by atoms with Gasteiger partial charge in [0.05, 0.1) is 13.2 Å². The van der Waals surface area contributed by atoms with Gasteiger partial charge in [-0.2, -0.15) is 0 Å². The maximum Gasteiger partial charge on any atom is 0.334 e. The highest BCUT2D eigenvalue weighted by Crippen LogP contribution is 2.32. The van der Waals surface area contributed by atoms with Crippen molar-refractivity contribution in [3.05, 3.63) is 35.9 Å². The minimum absolute atomic E-state index is 0.00321. The third-order valence-electron chi connectivity index (χ3n) is 5.14. The zero-order chi connectivity index (χ0) is 19.3. The first-order valence-corrected chi connectivity index (χ1v) is 9.24. The Kier molecular flexibility index (Phi) is 5.95. The summed E-state index contributed by atoms with van der Waals surface area (Å²) in [5, 5.41) is 14.8. The molecule has 1 saturated heterocycles. The maximum absolute atomic E-state index is 13.1. The second kappa shape index (κ2) is 8.39. The third-order valence-corrected chi connectivity index (χ3v) is 5.14. The molecule has 3 N–H and O–H groups in total. The number of rotatable bonds is 5. The summed E-state index contributed by atoms with van der Waals surface area (Å²) in [6.07, 6.45) is 1.78. The van der Waals surface area contributed by atoms with Crippen LogP contribution in [0, 0.1) is 0 Å². The standard InChI is InChI=1S/C19H25N3O5/c23-16(24)15-13-22(10-11-27-15)17(25)19(8-4-5-9-19)21-18(26)20-12-14-6-2-1-3-7-14/h1-3,6-7,15H,4-5,8-13H2,(H,23,24)(H2,20,21,26). The highest BCUT2D eigenvalue weighted by atomic mass is 16.5. The Morgan fingerprint density at radius 1 is 1.19 bits per heavy atom. The third kappa shape index (κ3) is 4.57. The monoisotopic (exact) mass is 375 g/mol. The molecule has 1 unspecified atom stereocenters. The van der Waals surface area contributed by atoms with Crippen molar-refractivity contribution < 1.29 is 24.2 Å². The van der Waals surface area contributed by atoms with Gasteiger partial charge in [-0.3, -0.25) is 4.79 Å². The van der Waals surface area contributed by atoms with Crippen molar-refractivity contribution in [3.63, 3.8) is 0 Å². The summed E-state index contributed by atoms with van der Waals surface area (Å²) in [4.78, 5) is 38.2. The average Bonchev–Trinajstić information content (AvgIpc) is 3.16. The van der Waals surface area contributed by atoms with Gasteiger partial charge in [0.2, 0.25) is 5.91 Å². The molecule has 2 aliphatic rings. The van der Waals surface area contributed by atoms with E-state index in [-0.39, 0.29) is 19.1 Å². The molecule has 8 nitrogen and oxygen atoms in total. The topological polar surface area (TPSA) is 108 Å². The zero-order valence-electron chi connectivity index (χ0n) is 15.1. The minimum Gasteiger partial charge on any atom is -0.479 e. The molecule has 0 aromatic heterocycles. The van der Waals surface area contributed by atoms with Crippen molar-refractivity contribution in [3.8, 4) is 0 Å². The number of carboxylic acids is 1. The van der Waals surface area contributed by atoms with Crippen LogP contribution in [0.4, 0.5) is 4.79 Å². The minimum atomic E-state index is -1.08. The van der Waals surface area contributed by atoms with Crippen LogP contribution in [0.5, 0.6) is 0 Å². The van der Waals surface area contributed by atoms with Crippen molar-refractivity contribution in [2.75, 3.05) is 19.7 Å². The molecule has 0 spiro atoms. The lowest BCUT2D eigenvalue weighted by atomic mass is 9.95. The molecule has 0 bridgehead atoms. The summed E-state index contributed by atoms with van der Waals surface area (Å²) in [5.74, 6) is -1.30. The van der Waals surface area contributed by atoms with Gasteiger partial charge in [-0.05, 0) is 18.4 Å². The fourth-order valence-corrected chi connectivity index (χ4v) is 3.70. The fraction of sp³-hybridized carbons (Fsp3) is 0.526. The molecule has 1 aromatic carbocycles. The quantitative estimate of drug-likeness (QED) is 0.715. The van der Waals surface area contributed by atoms with Crippen molar-refractivity contribution in [2.24, 2.45) is 0 Å². The van der Waals surface area contributed by atoms with Crippen molar-refractivity contribution in [1.29, 1.82) is 0 Å². The van der Waals surface area contributed by atoms with Crippen LogP contribution in [0.2, 0.25) is 0 Å². The van der Waals surface area contributed by atoms with Gasteiger partial charge in [0.25, 0.3) is 0 Å². The summed E-state index contributed by atoms with van der Waals surface area (Å²) in [5.41, 5.74) is -0.00169. The van der Waals surface area contributed by atoms with E-state index in [0.717, 1.165) is 18.4 Å². The Labute approximate surface area is 157 Å². The summed E-state index contributed by atoms with van der Waals surface area (Å²) < 4.78 is 5.19. The number of hydrogen-bond donors (Lipinski definition) is 3. The van der Waals surface area contributed by atoms with Gasteiger partial charge < -0.3 is 25.4 Å². The number of ether oxygens (including phenoxy) is 1. The lowest BCUT2D eigenvalue weighted by molar-refractivity contribution is -0.161. The van der Waals surface area contributed by atoms with Gasteiger partial charge in [-0.1, -0.05) is 43.2 Å². The SMILES string of the molecule is O=C(NCc1ccccc1)NC1(C(=O)N2CCOC(C(=O)O)C2)CCCC1. The normalized spacial score (nSPS) is 21.5.